The van der Waals surface area contributed by atoms with Crippen LogP contribution in [0.3, 0.4) is 0 Å². The molecule has 0 aromatic carbocycles. The zero-order valence-electron chi connectivity index (χ0n) is 47.0. The van der Waals surface area contributed by atoms with Gasteiger partial charge in [0.1, 0.15) is 13.2 Å². The lowest BCUT2D eigenvalue weighted by Crippen LogP contribution is -2.30. The highest BCUT2D eigenvalue weighted by Crippen LogP contribution is 2.16. The topological polar surface area (TPSA) is 78.9 Å². The van der Waals surface area contributed by atoms with Crippen molar-refractivity contribution in [3.8, 4) is 0 Å². The largest absolute Gasteiger partial charge is 0.462 e. The summed E-state index contributed by atoms with van der Waals surface area (Å²) in [7, 11) is 0. The molecule has 0 aliphatic carbocycles. The lowest BCUT2D eigenvalue weighted by Gasteiger charge is -2.18. The van der Waals surface area contributed by atoms with Crippen molar-refractivity contribution >= 4 is 17.9 Å². The van der Waals surface area contributed by atoms with Crippen LogP contribution in [-0.4, -0.2) is 37.2 Å². The minimum Gasteiger partial charge on any atom is -0.462 e. The molecule has 0 aromatic rings. The summed E-state index contributed by atoms with van der Waals surface area (Å²) in [5.74, 6) is -0.901. The van der Waals surface area contributed by atoms with Crippen molar-refractivity contribution in [2.75, 3.05) is 13.2 Å². The molecule has 0 aliphatic heterocycles. The maximum absolute atomic E-state index is 12.9. The monoisotopic (exact) mass is 991 g/mol. The summed E-state index contributed by atoms with van der Waals surface area (Å²) >= 11 is 0. The van der Waals surface area contributed by atoms with E-state index in [0.29, 0.717) is 19.3 Å². The molecule has 0 rings (SSSR count). The van der Waals surface area contributed by atoms with Crippen LogP contribution in [0.15, 0.2) is 72.9 Å². The Hall–Kier alpha value is -3.15. The smallest absolute Gasteiger partial charge is 0.306 e. The van der Waals surface area contributed by atoms with E-state index in [4.69, 9.17) is 14.2 Å². The average Bonchev–Trinajstić information content (AvgIpc) is 3.37. The lowest BCUT2D eigenvalue weighted by atomic mass is 10.1. The number of ether oxygens (including phenoxy) is 3. The summed E-state index contributed by atoms with van der Waals surface area (Å²) in [6.45, 7) is 6.51. The molecular formula is C65H114O6. The highest BCUT2D eigenvalue weighted by Gasteiger charge is 2.19. The molecule has 0 spiro atoms. The van der Waals surface area contributed by atoms with E-state index in [1.54, 1.807) is 0 Å². The lowest BCUT2D eigenvalue weighted by molar-refractivity contribution is -0.167. The number of hydrogen-bond donors (Lipinski definition) is 0. The molecule has 0 amide bonds. The van der Waals surface area contributed by atoms with Crippen molar-refractivity contribution in [2.24, 2.45) is 0 Å². The molecule has 0 saturated heterocycles. The molecular weight excluding hydrogens is 877 g/mol. The fraction of sp³-hybridized carbons (Fsp3) is 0.769. The molecule has 1 unspecified atom stereocenters. The Morgan fingerprint density at radius 3 is 0.901 bits per heavy atom. The van der Waals surface area contributed by atoms with Gasteiger partial charge in [-0.3, -0.25) is 14.4 Å². The average molecular weight is 992 g/mol. The summed E-state index contributed by atoms with van der Waals surface area (Å²) in [5.41, 5.74) is 0. The molecule has 1 atom stereocenters. The predicted molar refractivity (Wildman–Crippen MR) is 307 cm³/mol. The Bertz CT molecular complexity index is 1320. The number of esters is 3. The van der Waals surface area contributed by atoms with E-state index in [1.807, 2.05) is 0 Å². The van der Waals surface area contributed by atoms with Gasteiger partial charge in [0.2, 0.25) is 0 Å². The van der Waals surface area contributed by atoms with Crippen LogP contribution in [0.1, 0.15) is 303 Å². The number of carbonyl (C=O) groups excluding carboxylic acids is 3. The van der Waals surface area contributed by atoms with Gasteiger partial charge in [0.05, 0.1) is 0 Å². The van der Waals surface area contributed by atoms with Crippen LogP contribution >= 0.6 is 0 Å². The summed E-state index contributed by atoms with van der Waals surface area (Å²) in [5, 5.41) is 0. The first-order chi connectivity index (χ1) is 35.0. The van der Waals surface area contributed by atoms with Crippen molar-refractivity contribution < 1.29 is 28.6 Å². The van der Waals surface area contributed by atoms with E-state index in [0.717, 1.165) is 109 Å². The van der Waals surface area contributed by atoms with Crippen LogP contribution in [-0.2, 0) is 28.6 Å². The van der Waals surface area contributed by atoms with E-state index in [1.165, 1.54) is 154 Å². The highest BCUT2D eigenvalue weighted by molar-refractivity contribution is 5.71. The Morgan fingerprint density at radius 2 is 0.549 bits per heavy atom. The number of hydrogen-bond acceptors (Lipinski definition) is 6. The second kappa shape index (κ2) is 59.4. The van der Waals surface area contributed by atoms with Gasteiger partial charge in [-0.2, -0.15) is 0 Å². The number of carbonyl (C=O) groups is 3. The van der Waals surface area contributed by atoms with Crippen LogP contribution < -0.4 is 0 Å². The second-order valence-electron chi connectivity index (χ2n) is 20.2. The maximum Gasteiger partial charge on any atom is 0.306 e. The summed E-state index contributed by atoms with van der Waals surface area (Å²) in [6, 6.07) is 0. The minimum atomic E-state index is -0.788. The number of rotatable bonds is 55. The van der Waals surface area contributed by atoms with Crippen molar-refractivity contribution in [1.82, 2.24) is 0 Å². The van der Waals surface area contributed by atoms with Crippen LogP contribution in [0.5, 0.6) is 0 Å². The normalized spacial score (nSPS) is 12.5. The van der Waals surface area contributed by atoms with Gasteiger partial charge in [0.25, 0.3) is 0 Å². The first kappa shape index (κ1) is 67.8. The van der Waals surface area contributed by atoms with E-state index in [-0.39, 0.29) is 31.1 Å². The van der Waals surface area contributed by atoms with Crippen LogP contribution in [0, 0.1) is 0 Å². The van der Waals surface area contributed by atoms with Crippen molar-refractivity contribution in [3.05, 3.63) is 72.9 Å². The standard InChI is InChI=1S/C65H114O6/c1-4-7-10-13-16-19-22-25-28-30-31-32-33-35-37-40-43-46-49-52-55-58-64(67)70-61-62(60-69-63(66)57-54-51-48-45-42-39-36-27-24-21-18-15-12-9-6-3)71-65(68)59-56-53-50-47-44-41-38-34-29-26-23-20-17-14-11-8-5-2/h9,12,17-18,20-21,26-27,29-31,36,62H,4-8,10-11,13-16,19,22-25,28,32-35,37-61H2,1-3H3/b12-9-,20-17-,21-18-,29-26-,31-30-,36-27-. The Balaban J connectivity index is 4.37. The third kappa shape index (κ3) is 57.6. The van der Waals surface area contributed by atoms with Gasteiger partial charge in [-0.25, -0.2) is 0 Å². The highest BCUT2D eigenvalue weighted by atomic mass is 16.6. The number of allylic oxidation sites excluding steroid dienone is 12. The predicted octanol–water partition coefficient (Wildman–Crippen LogP) is 20.5. The molecule has 0 aliphatic rings. The maximum atomic E-state index is 12.9. The van der Waals surface area contributed by atoms with Gasteiger partial charge >= 0.3 is 17.9 Å². The zero-order chi connectivity index (χ0) is 51.4. The van der Waals surface area contributed by atoms with E-state index >= 15 is 0 Å². The van der Waals surface area contributed by atoms with Gasteiger partial charge in [-0.05, 0) is 109 Å². The van der Waals surface area contributed by atoms with Crippen LogP contribution in [0.4, 0.5) is 0 Å². The fourth-order valence-corrected chi connectivity index (χ4v) is 8.60. The molecule has 0 bridgehead atoms. The minimum absolute atomic E-state index is 0.0845. The molecule has 0 heterocycles. The van der Waals surface area contributed by atoms with Crippen LogP contribution in [0.2, 0.25) is 0 Å². The molecule has 71 heavy (non-hydrogen) atoms. The van der Waals surface area contributed by atoms with Crippen LogP contribution in [0.25, 0.3) is 0 Å². The molecule has 410 valence electrons. The quantitative estimate of drug-likeness (QED) is 0.0261. The Kier molecular flexibility index (Phi) is 56.8. The second-order valence-corrected chi connectivity index (χ2v) is 20.2. The van der Waals surface area contributed by atoms with Crippen molar-refractivity contribution in [2.45, 2.75) is 309 Å². The third-order valence-corrected chi connectivity index (χ3v) is 13.2. The Morgan fingerprint density at radius 1 is 0.296 bits per heavy atom. The number of unbranched alkanes of at least 4 members (excludes halogenated alkanes) is 32. The van der Waals surface area contributed by atoms with Crippen molar-refractivity contribution in [3.63, 3.8) is 0 Å². The SMILES string of the molecule is CC/C=C\C/C=C\C/C=C\CCCCCCCC(=O)OCC(COC(=O)CCCCCCCCCCC/C=C\CCCCCCCCCC)OC(=O)CCCCCCCCC/C=C\C/C=C\CCCCC. The van der Waals surface area contributed by atoms with Gasteiger partial charge in [0, 0.05) is 19.3 Å². The molecule has 0 fully saturated rings. The van der Waals surface area contributed by atoms with Gasteiger partial charge < -0.3 is 14.2 Å². The summed E-state index contributed by atoms with van der Waals surface area (Å²) < 4.78 is 16.9. The fourth-order valence-electron chi connectivity index (χ4n) is 8.60. The van der Waals surface area contributed by atoms with Gasteiger partial charge in [-0.1, -0.05) is 248 Å². The van der Waals surface area contributed by atoms with Gasteiger partial charge in [-0.15, -0.1) is 0 Å². The molecule has 0 aromatic heterocycles. The Labute approximate surface area is 440 Å². The summed E-state index contributed by atoms with van der Waals surface area (Å²) in [6.07, 6.45) is 76.1. The third-order valence-electron chi connectivity index (χ3n) is 13.2. The van der Waals surface area contributed by atoms with E-state index in [9.17, 15) is 14.4 Å². The molecule has 6 nitrogen and oxygen atoms in total. The first-order valence-electron chi connectivity index (χ1n) is 30.4. The molecule has 0 saturated carbocycles. The summed E-state index contributed by atoms with van der Waals surface area (Å²) in [4.78, 5) is 38.2. The van der Waals surface area contributed by atoms with E-state index < -0.39 is 6.10 Å². The van der Waals surface area contributed by atoms with Gasteiger partial charge in [0.15, 0.2) is 6.10 Å². The first-order valence-corrected chi connectivity index (χ1v) is 30.4. The van der Waals surface area contributed by atoms with Crippen molar-refractivity contribution in [1.29, 1.82) is 0 Å². The molecule has 0 radical (unpaired) electrons. The molecule has 0 N–H and O–H groups in total. The molecule has 6 heteroatoms. The van der Waals surface area contributed by atoms with E-state index in [2.05, 4.69) is 93.7 Å². The zero-order valence-corrected chi connectivity index (χ0v) is 47.0.